The van der Waals surface area contributed by atoms with Gasteiger partial charge in [-0.2, -0.15) is 0 Å². The molecule has 0 fully saturated rings. The van der Waals surface area contributed by atoms with E-state index in [0.717, 1.165) is 6.07 Å². The van der Waals surface area contributed by atoms with E-state index in [9.17, 15) is 12.8 Å². The molecule has 0 aliphatic carbocycles. The molecule has 1 aliphatic rings. The highest BCUT2D eigenvalue weighted by atomic mass is 32.2. The number of nitrogens with one attached hydrogen (secondary N) is 1. The molecule has 0 aromatic heterocycles. The lowest BCUT2D eigenvalue weighted by molar-refractivity contribution is 0.594. The Morgan fingerprint density at radius 1 is 0.941 bits per heavy atom. The Kier molecular flexibility index (Phi) is 2.00. The zero-order valence-corrected chi connectivity index (χ0v) is 9.46. The van der Waals surface area contributed by atoms with Crippen molar-refractivity contribution in [2.24, 2.45) is 0 Å². The fourth-order valence-electron chi connectivity index (χ4n) is 1.90. The molecule has 0 saturated carbocycles. The van der Waals surface area contributed by atoms with Crippen molar-refractivity contribution in [1.29, 1.82) is 0 Å². The van der Waals surface area contributed by atoms with Crippen molar-refractivity contribution in [1.82, 2.24) is 0 Å². The number of para-hydroxylation sites is 1. The summed E-state index contributed by atoms with van der Waals surface area (Å²) in [5.74, 6) is -0.467. The quantitative estimate of drug-likeness (QED) is 0.623. The van der Waals surface area contributed by atoms with Crippen LogP contribution >= 0.6 is 0 Å². The van der Waals surface area contributed by atoms with E-state index in [2.05, 4.69) is 5.32 Å². The van der Waals surface area contributed by atoms with Gasteiger partial charge in [-0.15, -0.1) is 0 Å². The van der Waals surface area contributed by atoms with E-state index in [-0.39, 0.29) is 15.5 Å². The summed E-state index contributed by atoms with van der Waals surface area (Å²) in [6.45, 7) is 0. The molecule has 2 aromatic rings. The Hall–Kier alpha value is -1.88. The summed E-state index contributed by atoms with van der Waals surface area (Å²) in [7, 11) is -3.55. The van der Waals surface area contributed by atoms with Gasteiger partial charge in [0, 0.05) is 0 Å². The van der Waals surface area contributed by atoms with Crippen LogP contribution in [-0.4, -0.2) is 8.42 Å². The predicted molar refractivity (Wildman–Crippen MR) is 61.6 cm³/mol. The van der Waals surface area contributed by atoms with Gasteiger partial charge >= 0.3 is 0 Å². The van der Waals surface area contributed by atoms with E-state index < -0.39 is 15.7 Å². The van der Waals surface area contributed by atoms with E-state index in [1.54, 1.807) is 18.2 Å². The van der Waals surface area contributed by atoms with Crippen LogP contribution in [0.2, 0.25) is 0 Å². The molecule has 0 spiro atoms. The molecule has 0 saturated heterocycles. The predicted octanol–water partition coefficient (Wildman–Crippen LogP) is 2.72. The van der Waals surface area contributed by atoms with Crippen LogP contribution in [0.4, 0.5) is 15.8 Å². The summed E-state index contributed by atoms with van der Waals surface area (Å²) in [5.41, 5.74) is 0.759. The molecule has 3 nitrogen and oxygen atoms in total. The number of hydrogen-bond donors (Lipinski definition) is 1. The number of anilines is 2. The van der Waals surface area contributed by atoms with Gasteiger partial charge in [0.25, 0.3) is 0 Å². The normalized spacial score (nSPS) is 15.6. The molecule has 0 bridgehead atoms. The summed E-state index contributed by atoms with van der Waals surface area (Å²) in [6.07, 6.45) is 0. The first-order chi connectivity index (χ1) is 8.09. The summed E-state index contributed by atoms with van der Waals surface area (Å²) < 4.78 is 37.6. The maximum Gasteiger partial charge on any atom is 0.210 e. The molecule has 0 amide bonds. The number of halogens is 1. The third-order valence-electron chi connectivity index (χ3n) is 2.68. The fourth-order valence-corrected chi connectivity index (χ4v) is 3.45. The topological polar surface area (TPSA) is 46.2 Å². The van der Waals surface area contributed by atoms with Gasteiger partial charge in [0.2, 0.25) is 9.84 Å². The molecule has 17 heavy (non-hydrogen) atoms. The summed E-state index contributed by atoms with van der Waals surface area (Å²) in [6, 6.07) is 10.2. The first kappa shape index (κ1) is 10.3. The molecule has 0 atom stereocenters. The maximum atomic E-state index is 13.1. The Balaban J connectivity index is 2.35. The van der Waals surface area contributed by atoms with Gasteiger partial charge in [0.1, 0.15) is 5.82 Å². The Morgan fingerprint density at radius 3 is 2.47 bits per heavy atom. The number of fused-ring (bicyclic) bond motifs is 2. The van der Waals surface area contributed by atoms with Gasteiger partial charge in [-0.1, -0.05) is 12.1 Å². The molecular weight excluding hydrogens is 241 g/mol. The first-order valence-corrected chi connectivity index (χ1v) is 6.48. The van der Waals surface area contributed by atoms with E-state index in [4.69, 9.17) is 0 Å². The number of rotatable bonds is 0. The molecule has 0 unspecified atom stereocenters. The molecule has 5 heteroatoms. The highest BCUT2D eigenvalue weighted by Gasteiger charge is 2.29. The van der Waals surface area contributed by atoms with Gasteiger partial charge in [-0.05, 0) is 30.3 Å². The molecular formula is C12H8FNO2S. The third kappa shape index (κ3) is 1.43. The van der Waals surface area contributed by atoms with Gasteiger partial charge in [0.05, 0.1) is 21.2 Å². The number of hydrogen-bond acceptors (Lipinski definition) is 3. The van der Waals surface area contributed by atoms with E-state index in [0.29, 0.717) is 5.69 Å². The van der Waals surface area contributed by atoms with Gasteiger partial charge < -0.3 is 5.32 Å². The van der Waals surface area contributed by atoms with Crippen molar-refractivity contribution in [3.05, 3.63) is 48.3 Å². The van der Waals surface area contributed by atoms with Crippen molar-refractivity contribution < 1.29 is 12.8 Å². The van der Waals surface area contributed by atoms with Crippen LogP contribution in [0.5, 0.6) is 0 Å². The minimum atomic E-state index is -3.55. The van der Waals surface area contributed by atoms with Gasteiger partial charge in [-0.3, -0.25) is 0 Å². The van der Waals surface area contributed by atoms with Crippen molar-refractivity contribution >= 4 is 21.2 Å². The molecule has 1 N–H and O–H groups in total. The van der Waals surface area contributed by atoms with Crippen LogP contribution in [0.1, 0.15) is 0 Å². The van der Waals surface area contributed by atoms with Gasteiger partial charge in [-0.25, -0.2) is 12.8 Å². The average molecular weight is 249 g/mol. The van der Waals surface area contributed by atoms with Crippen molar-refractivity contribution in [2.75, 3.05) is 5.32 Å². The minimum Gasteiger partial charge on any atom is -0.353 e. The molecule has 2 aromatic carbocycles. The Bertz CT molecular complexity index is 710. The van der Waals surface area contributed by atoms with Crippen LogP contribution in [0.25, 0.3) is 0 Å². The second kappa shape index (κ2) is 3.30. The zero-order chi connectivity index (χ0) is 12.0. The zero-order valence-electron chi connectivity index (χ0n) is 8.64. The van der Waals surface area contributed by atoms with E-state index in [1.807, 2.05) is 0 Å². The summed E-state index contributed by atoms with van der Waals surface area (Å²) in [5, 5.41) is 2.92. The van der Waals surface area contributed by atoms with Gasteiger partial charge in [0.15, 0.2) is 0 Å². The maximum absolute atomic E-state index is 13.1. The lowest BCUT2D eigenvalue weighted by atomic mass is 10.2. The molecule has 0 radical (unpaired) electrons. The largest absolute Gasteiger partial charge is 0.353 e. The van der Waals surface area contributed by atoms with Crippen molar-refractivity contribution in [3.8, 4) is 0 Å². The minimum absolute atomic E-state index is 0.109. The summed E-state index contributed by atoms with van der Waals surface area (Å²) in [4.78, 5) is 0.330. The summed E-state index contributed by atoms with van der Waals surface area (Å²) >= 11 is 0. The smallest absolute Gasteiger partial charge is 0.210 e. The first-order valence-electron chi connectivity index (χ1n) is 5.00. The Morgan fingerprint density at radius 2 is 1.65 bits per heavy atom. The standard InChI is InChI=1S/C12H8FNO2S/c13-8-5-6-12-10(7-8)14-9-3-1-2-4-11(9)17(12,15)16/h1-7,14H. The molecule has 3 rings (SSSR count). The lowest BCUT2D eigenvalue weighted by Gasteiger charge is -2.21. The van der Waals surface area contributed by atoms with Crippen LogP contribution in [0.3, 0.4) is 0 Å². The SMILES string of the molecule is O=S1(=O)c2ccccc2Nc2cc(F)ccc21. The average Bonchev–Trinajstić information content (AvgIpc) is 2.28. The molecule has 1 aliphatic heterocycles. The van der Waals surface area contributed by atoms with E-state index in [1.165, 1.54) is 18.2 Å². The van der Waals surface area contributed by atoms with E-state index >= 15 is 0 Å². The fraction of sp³-hybridized carbons (Fsp3) is 0. The number of sulfone groups is 1. The lowest BCUT2D eigenvalue weighted by Crippen LogP contribution is -2.13. The van der Waals surface area contributed by atoms with Crippen molar-refractivity contribution in [3.63, 3.8) is 0 Å². The second-order valence-electron chi connectivity index (χ2n) is 3.77. The Labute approximate surface area is 97.8 Å². The molecule has 86 valence electrons. The van der Waals surface area contributed by atoms with Crippen molar-refractivity contribution in [2.45, 2.75) is 9.79 Å². The van der Waals surface area contributed by atoms with Crippen LogP contribution in [0, 0.1) is 5.82 Å². The highest BCUT2D eigenvalue weighted by Crippen LogP contribution is 2.39. The third-order valence-corrected chi connectivity index (χ3v) is 4.55. The van der Waals surface area contributed by atoms with Crippen LogP contribution in [-0.2, 0) is 9.84 Å². The van der Waals surface area contributed by atoms with Crippen LogP contribution < -0.4 is 5.32 Å². The highest BCUT2D eigenvalue weighted by molar-refractivity contribution is 7.92. The monoisotopic (exact) mass is 249 g/mol. The molecule has 1 heterocycles. The number of benzene rings is 2. The van der Waals surface area contributed by atoms with Crippen LogP contribution in [0.15, 0.2) is 52.3 Å². The second-order valence-corrected chi connectivity index (χ2v) is 5.65.